The Morgan fingerprint density at radius 3 is 2.81 bits per heavy atom. The summed E-state index contributed by atoms with van der Waals surface area (Å²) in [7, 11) is 1.71. The molecule has 16 heavy (non-hydrogen) atoms. The first kappa shape index (κ1) is 12.1. The second-order valence-corrected chi connectivity index (χ2v) is 5.03. The van der Waals surface area contributed by atoms with Crippen LogP contribution in [0.25, 0.3) is 0 Å². The van der Waals surface area contributed by atoms with Gasteiger partial charge in [0.25, 0.3) is 0 Å². The molecule has 0 N–H and O–H groups in total. The molecule has 90 valence electrons. The minimum Gasteiger partial charge on any atom is -0.383 e. The maximum absolute atomic E-state index is 6.04. The molecule has 0 spiro atoms. The van der Waals surface area contributed by atoms with Crippen molar-refractivity contribution in [3.63, 3.8) is 0 Å². The normalized spacial score (nSPS) is 17.4. The number of ether oxygens (including phenoxy) is 1. The van der Waals surface area contributed by atoms with E-state index in [1.165, 1.54) is 12.8 Å². The highest BCUT2D eigenvalue weighted by atomic mass is 35.5. The quantitative estimate of drug-likeness (QED) is 0.788. The first-order chi connectivity index (χ1) is 7.74. The molecule has 1 aliphatic rings. The SMILES string of the molecule is COCCN(c1nsnc1Cl)C(C)C1CC1. The lowest BCUT2D eigenvalue weighted by Gasteiger charge is -2.29. The molecule has 1 saturated carbocycles. The predicted octanol–water partition coefficient (Wildman–Crippen LogP) is 2.44. The number of rotatable bonds is 6. The lowest BCUT2D eigenvalue weighted by Crippen LogP contribution is -2.37. The largest absolute Gasteiger partial charge is 0.383 e. The summed E-state index contributed by atoms with van der Waals surface area (Å²) in [5.41, 5.74) is 0. The zero-order chi connectivity index (χ0) is 11.5. The Morgan fingerprint density at radius 1 is 1.56 bits per heavy atom. The van der Waals surface area contributed by atoms with Crippen molar-refractivity contribution in [2.24, 2.45) is 5.92 Å². The van der Waals surface area contributed by atoms with Gasteiger partial charge in [0.05, 0.1) is 18.3 Å². The zero-order valence-electron chi connectivity index (χ0n) is 9.52. The number of hydrogen-bond donors (Lipinski definition) is 0. The highest BCUT2D eigenvalue weighted by molar-refractivity contribution is 6.99. The third-order valence-electron chi connectivity index (χ3n) is 3.04. The topological polar surface area (TPSA) is 38.2 Å². The molecule has 1 heterocycles. The van der Waals surface area contributed by atoms with Crippen LogP contribution in [0.15, 0.2) is 0 Å². The number of anilines is 1. The zero-order valence-corrected chi connectivity index (χ0v) is 11.1. The molecule has 0 aromatic carbocycles. The third-order valence-corrected chi connectivity index (χ3v) is 3.91. The van der Waals surface area contributed by atoms with Crippen LogP contribution in [0.2, 0.25) is 5.15 Å². The van der Waals surface area contributed by atoms with Crippen molar-refractivity contribution in [2.45, 2.75) is 25.8 Å². The summed E-state index contributed by atoms with van der Waals surface area (Å²) in [5, 5.41) is 0.508. The molecular formula is C10H16ClN3OS. The molecule has 0 amide bonds. The van der Waals surface area contributed by atoms with Gasteiger partial charge >= 0.3 is 0 Å². The van der Waals surface area contributed by atoms with Crippen LogP contribution in [0.5, 0.6) is 0 Å². The highest BCUT2D eigenvalue weighted by Gasteiger charge is 2.33. The van der Waals surface area contributed by atoms with Gasteiger partial charge in [0.2, 0.25) is 0 Å². The van der Waals surface area contributed by atoms with Crippen molar-refractivity contribution >= 4 is 29.1 Å². The van der Waals surface area contributed by atoms with Gasteiger partial charge in [-0.2, -0.15) is 8.75 Å². The van der Waals surface area contributed by atoms with Gasteiger partial charge in [0, 0.05) is 19.7 Å². The Bertz CT molecular complexity index is 343. The summed E-state index contributed by atoms with van der Waals surface area (Å²) in [5.74, 6) is 1.58. The highest BCUT2D eigenvalue weighted by Crippen LogP contribution is 2.37. The van der Waals surface area contributed by atoms with E-state index < -0.39 is 0 Å². The number of hydrogen-bond acceptors (Lipinski definition) is 5. The smallest absolute Gasteiger partial charge is 0.187 e. The van der Waals surface area contributed by atoms with E-state index in [4.69, 9.17) is 16.3 Å². The first-order valence-electron chi connectivity index (χ1n) is 5.47. The van der Waals surface area contributed by atoms with Crippen LogP contribution in [-0.2, 0) is 4.74 Å². The predicted molar refractivity (Wildman–Crippen MR) is 66.3 cm³/mol. The van der Waals surface area contributed by atoms with E-state index in [1.807, 2.05) is 0 Å². The number of aromatic nitrogens is 2. The molecule has 1 fully saturated rings. The summed E-state index contributed by atoms with van der Waals surface area (Å²) in [6.07, 6.45) is 2.61. The van der Waals surface area contributed by atoms with Gasteiger partial charge in [-0.1, -0.05) is 11.6 Å². The molecule has 0 aliphatic heterocycles. The maximum Gasteiger partial charge on any atom is 0.187 e. The average Bonchev–Trinajstić information content (AvgIpc) is 3.04. The van der Waals surface area contributed by atoms with Gasteiger partial charge in [-0.15, -0.1) is 0 Å². The summed E-state index contributed by atoms with van der Waals surface area (Å²) in [4.78, 5) is 2.22. The van der Waals surface area contributed by atoms with Gasteiger partial charge in [-0.05, 0) is 25.7 Å². The van der Waals surface area contributed by atoms with Gasteiger partial charge in [-0.3, -0.25) is 0 Å². The van der Waals surface area contributed by atoms with Crippen LogP contribution in [0.1, 0.15) is 19.8 Å². The van der Waals surface area contributed by atoms with Crippen molar-refractivity contribution in [1.29, 1.82) is 0 Å². The third kappa shape index (κ3) is 2.64. The molecule has 4 nitrogen and oxygen atoms in total. The number of methoxy groups -OCH3 is 1. The van der Waals surface area contributed by atoms with E-state index in [9.17, 15) is 0 Å². The van der Waals surface area contributed by atoms with E-state index in [0.29, 0.717) is 17.8 Å². The lowest BCUT2D eigenvalue weighted by atomic mass is 10.2. The number of nitrogens with zero attached hydrogens (tertiary/aromatic N) is 3. The summed E-state index contributed by atoms with van der Waals surface area (Å²) >= 11 is 7.20. The molecule has 1 unspecified atom stereocenters. The summed E-state index contributed by atoms with van der Waals surface area (Å²) < 4.78 is 13.4. The summed E-state index contributed by atoms with van der Waals surface area (Å²) in [6, 6.07) is 0.469. The van der Waals surface area contributed by atoms with Crippen molar-refractivity contribution < 1.29 is 4.74 Å². The molecule has 1 aromatic heterocycles. The first-order valence-corrected chi connectivity index (χ1v) is 6.58. The fourth-order valence-corrected chi connectivity index (χ4v) is 2.63. The van der Waals surface area contributed by atoms with Crippen LogP contribution >= 0.6 is 23.3 Å². The van der Waals surface area contributed by atoms with E-state index in [1.54, 1.807) is 7.11 Å². The monoisotopic (exact) mass is 261 g/mol. The maximum atomic E-state index is 6.04. The van der Waals surface area contributed by atoms with Gasteiger partial charge in [-0.25, -0.2) is 0 Å². The van der Waals surface area contributed by atoms with Gasteiger partial charge < -0.3 is 9.64 Å². The second kappa shape index (κ2) is 5.29. The van der Waals surface area contributed by atoms with E-state index in [2.05, 4.69) is 20.6 Å². The molecule has 0 saturated heterocycles. The Balaban J connectivity index is 2.10. The molecule has 0 bridgehead atoms. The van der Waals surface area contributed by atoms with Crippen molar-refractivity contribution in [3.8, 4) is 0 Å². The fraction of sp³-hybridized carbons (Fsp3) is 0.800. The van der Waals surface area contributed by atoms with Crippen molar-refractivity contribution in [3.05, 3.63) is 5.15 Å². The minimum absolute atomic E-state index is 0.469. The molecule has 6 heteroatoms. The molecule has 1 atom stereocenters. The van der Waals surface area contributed by atoms with E-state index >= 15 is 0 Å². The summed E-state index contributed by atoms with van der Waals surface area (Å²) in [6.45, 7) is 3.73. The molecule has 2 rings (SSSR count). The van der Waals surface area contributed by atoms with Crippen molar-refractivity contribution in [2.75, 3.05) is 25.2 Å². The molecular weight excluding hydrogens is 246 g/mol. The standard InChI is InChI=1S/C10H16ClN3OS/c1-7(8-3-4-8)14(5-6-15-2)10-9(11)12-16-13-10/h7-8H,3-6H2,1-2H3. The second-order valence-electron chi connectivity index (χ2n) is 4.14. The minimum atomic E-state index is 0.469. The van der Waals surface area contributed by atoms with Crippen LogP contribution < -0.4 is 4.90 Å². The van der Waals surface area contributed by atoms with Crippen LogP contribution in [0, 0.1) is 5.92 Å². The molecule has 1 aromatic rings. The Labute approximate surface area is 105 Å². The van der Waals surface area contributed by atoms with E-state index in [-0.39, 0.29) is 0 Å². The molecule has 0 radical (unpaired) electrons. The van der Waals surface area contributed by atoms with Crippen LogP contribution in [0.4, 0.5) is 5.82 Å². The van der Waals surface area contributed by atoms with Gasteiger partial charge in [0.1, 0.15) is 0 Å². The average molecular weight is 262 g/mol. The van der Waals surface area contributed by atoms with Gasteiger partial charge in [0.15, 0.2) is 11.0 Å². The fourth-order valence-electron chi connectivity index (χ4n) is 1.87. The van der Waals surface area contributed by atoms with Crippen LogP contribution in [-0.4, -0.2) is 35.1 Å². The van der Waals surface area contributed by atoms with Crippen LogP contribution in [0.3, 0.4) is 0 Å². The Hall–Kier alpha value is -0.390. The molecule has 1 aliphatic carbocycles. The number of halogens is 1. The Morgan fingerprint density at radius 2 is 2.31 bits per heavy atom. The van der Waals surface area contributed by atoms with Crippen molar-refractivity contribution in [1.82, 2.24) is 8.75 Å². The lowest BCUT2D eigenvalue weighted by molar-refractivity contribution is 0.202. The Kier molecular flexibility index (Phi) is 4.00. The van der Waals surface area contributed by atoms with E-state index in [0.717, 1.165) is 30.0 Å².